The van der Waals surface area contributed by atoms with E-state index in [9.17, 15) is 0 Å². The normalized spacial score (nSPS) is 10.9. The van der Waals surface area contributed by atoms with E-state index in [-0.39, 0.29) is 0 Å². The first-order valence-corrected chi connectivity index (χ1v) is 6.64. The summed E-state index contributed by atoms with van der Waals surface area (Å²) in [7, 11) is 0. The van der Waals surface area contributed by atoms with Crippen molar-refractivity contribution in [1.82, 2.24) is 4.98 Å². The highest BCUT2D eigenvalue weighted by atomic mass is 14.7. The minimum atomic E-state index is 0.442. The summed E-state index contributed by atoms with van der Waals surface area (Å²) in [6.07, 6.45) is 1.90. The summed E-state index contributed by atoms with van der Waals surface area (Å²) in [4.78, 5) is 4.51. The Labute approximate surface area is 118 Å². The number of fused-ring (bicyclic) bond motifs is 1. The number of nitrogens with two attached hydrogens (primary N) is 2. The van der Waals surface area contributed by atoms with Gasteiger partial charge in [0.25, 0.3) is 0 Å². The lowest BCUT2D eigenvalue weighted by molar-refractivity contribution is 1.01. The van der Waals surface area contributed by atoms with Crippen LogP contribution in [-0.2, 0) is 6.54 Å². The minimum absolute atomic E-state index is 0.442. The molecule has 100 valence electrons. The van der Waals surface area contributed by atoms with Crippen molar-refractivity contribution >= 4 is 16.5 Å². The average molecular weight is 263 g/mol. The molecule has 4 N–H and O–H groups in total. The molecular weight excluding hydrogens is 246 g/mol. The van der Waals surface area contributed by atoms with Crippen LogP contribution < -0.4 is 11.5 Å². The summed E-state index contributed by atoms with van der Waals surface area (Å²) in [5.74, 6) is 0. The zero-order valence-electron chi connectivity index (χ0n) is 11.4. The van der Waals surface area contributed by atoms with Crippen molar-refractivity contribution < 1.29 is 0 Å². The summed E-state index contributed by atoms with van der Waals surface area (Å²) in [6, 6.07) is 14.1. The Morgan fingerprint density at radius 3 is 2.65 bits per heavy atom. The number of hydrogen-bond acceptors (Lipinski definition) is 3. The van der Waals surface area contributed by atoms with Gasteiger partial charge in [0.05, 0.1) is 5.69 Å². The van der Waals surface area contributed by atoms with Crippen molar-refractivity contribution in [1.29, 1.82) is 0 Å². The van der Waals surface area contributed by atoms with E-state index in [4.69, 9.17) is 11.5 Å². The highest BCUT2D eigenvalue weighted by Gasteiger charge is 2.10. The molecule has 0 radical (unpaired) electrons. The number of nitrogens with zero attached hydrogens (tertiary/aromatic N) is 1. The summed E-state index contributed by atoms with van der Waals surface area (Å²) in [6.45, 7) is 2.55. The van der Waals surface area contributed by atoms with Crippen LogP contribution in [0.5, 0.6) is 0 Å². The lowest BCUT2D eigenvalue weighted by Crippen LogP contribution is -2.02. The Hall–Kier alpha value is -2.39. The van der Waals surface area contributed by atoms with Gasteiger partial charge in [0, 0.05) is 29.4 Å². The fraction of sp³-hybridized carbons (Fsp3) is 0.118. The smallest absolute Gasteiger partial charge is 0.0618 e. The van der Waals surface area contributed by atoms with Crippen molar-refractivity contribution in [2.75, 3.05) is 5.73 Å². The lowest BCUT2D eigenvalue weighted by atomic mass is 9.95. The van der Waals surface area contributed by atoms with Crippen molar-refractivity contribution in [3.8, 4) is 11.1 Å². The predicted molar refractivity (Wildman–Crippen MR) is 84.2 cm³/mol. The molecule has 1 aromatic heterocycles. The molecule has 0 bridgehead atoms. The maximum absolute atomic E-state index is 5.89. The third-order valence-corrected chi connectivity index (χ3v) is 3.59. The Kier molecular flexibility index (Phi) is 3.12. The second kappa shape index (κ2) is 4.94. The summed E-state index contributed by atoms with van der Waals surface area (Å²) in [5, 5.41) is 2.32. The molecule has 3 nitrogen and oxygen atoms in total. The molecule has 0 aliphatic heterocycles. The number of nitrogen functional groups attached to an aromatic ring is 1. The van der Waals surface area contributed by atoms with E-state index < -0.39 is 0 Å². The molecule has 0 amide bonds. The van der Waals surface area contributed by atoms with Gasteiger partial charge in [-0.05, 0) is 35.6 Å². The van der Waals surface area contributed by atoms with Crippen LogP contribution in [0.4, 0.5) is 5.69 Å². The Morgan fingerprint density at radius 1 is 1.10 bits per heavy atom. The number of benzene rings is 2. The Morgan fingerprint density at radius 2 is 1.90 bits per heavy atom. The molecule has 0 saturated heterocycles. The van der Waals surface area contributed by atoms with Crippen molar-refractivity contribution in [2.45, 2.75) is 13.5 Å². The van der Waals surface area contributed by atoms with Crippen LogP contribution in [0.1, 0.15) is 11.3 Å². The fourth-order valence-electron chi connectivity index (χ4n) is 2.63. The predicted octanol–water partition coefficient (Wildman–Crippen LogP) is 3.25. The number of pyridine rings is 1. The monoisotopic (exact) mass is 263 g/mol. The van der Waals surface area contributed by atoms with Crippen molar-refractivity contribution in [2.24, 2.45) is 5.73 Å². The zero-order valence-corrected chi connectivity index (χ0v) is 11.4. The van der Waals surface area contributed by atoms with Gasteiger partial charge >= 0.3 is 0 Å². The molecule has 0 saturated carbocycles. The van der Waals surface area contributed by atoms with Gasteiger partial charge in [0.15, 0.2) is 0 Å². The van der Waals surface area contributed by atoms with E-state index in [0.717, 1.165) is 27.9 Å². The van der Waals surface area contributed by atoms with Gasteiger partial charge in [-0.2, -0.15) is 0 Å². The van der Waals surface area contributed by atoms with Crippen LogP contribution in [0.3, 0.4) is 0 Å². The highest BCUT2D eigenvalue weighted by molar-refractivity contribution is 5.99. The Balaban J connectivity index is 2.37. The first-order chi connectivity index (χ1) is 9.70. The summed E-state index contributed by atoms with van der Waals surface area (Å²) >= 11 is 0. The van der Waals surface area contributed by atoms with Crippen molar-refractivity contribution in [3.63, 3.8) is 0 Å². The number of anilines is 1. The van der Waals surface area contributed by atoms with Crippen LogP contribution in [-0.4, -0.2) is 4.98 Å². The number of aryl methyl sites for hydroxylation is 1. The summed E-state index contributed by atoms with van der Waals surface area (Å²) in [5.41, 5.74) is 16.8. The molecule has 3 heteroatoms. The first kappa shape index (κ1) is 12.6. The number of aromatic nitrogens is 1. The van der Waals surface area contributed by atoms with Crippen LogP contribution >= 0.6 is 0 Å². The molecule has 3 aromatic rings. The van der Waals surface area contributed by atoms with Crippen LogP contribution in [0.25, 0.3) is 21.9 Å². The van der Waals surface area contributed by atoms with Crippen molar-refractivity contribution in [3.05, 3.63) is 59.9 Å². The largest absolute Gasteiger partial charge is 0.399 e. The average Bonchev–Trinajstić information content (AvgIpc) is 2.46. The molecule has 0 aliphatic carbocycles. The van der Waals surface area contributed by atoms with Gasteiger partial charge in [0.2, 0.25) is 0 Å². The molecule has 0 spiro atoms. The molecule has 0 unspecified atom stereocenters. The van der Waals surface area contributed by atoms with Crippen LogP contribution in [0.15, 0.2) is 48.7 Å². The second-order valence-electron chi connectivity index (χ2n) is 4.95. The first-order valence-electron chi connectivity index (χ1n) is 6.64. The quantitative estimate of drug-likeness (QED) is 0.697. The van der Waals surface area contributed by atoms with Gasteiger partial charge in [-0.3, -0.25) is 4.98 Å². The second-order valence-corrected chi connectivity index (χ2v) is 4.95. The van der Waals surface area contributed by atoms with Crippen LogP contribution in [0, 0.1) is 6.92 Å². The SMILES string of the molecule is Cc1cccc2c(CN)ncc(-c3cccc(N)c3)c12. The number of rotatable bonds is 2. The van der Waals surface area contributed by atoms with Crippen LogP contribution in [0.2, 0.25) is 0 Å². The van der Waals surface area contributed by atoms with E-state index in [1.165, 1.54) is 10.9 Å². The van der Waals surface area contributed by atoms with Gasteiger partial charge in [0.1, 0.15) is 0 Å². The molecule has 0 fully saturated rings. The molecule has 1 heterocycles. The molecular formula is C17H17N3. The maximum atomic E-state index is 5.89. The van der Waals surface area contributed by atoms with Gasteiger partial charge in [-0.25, -0.2) is 0 Å². The standard InChI is InChI=1S/C17H17N3/c1-11-4-2-7-14-16(9-18)20-10-15(17(11)14)12-5-3-6-13(19)8-12/h2-8,10H,9,18-19H2,1H3. The van der Waals surface area contributed by atoms with E-state index in [0.29, 0.717) is 6.54 Å². The van der Waals surface area contributed by atoms with Gasteiger partial charge in [-0.15, -0.1) is 0 Å². The zero-order chi connectivity index (χ0) is 14.1. The molecule has 0 aliphatic rings. The third kappa shape index (κ3) is 2.02. The fourth-order valence-corrected chi connectivity index (χ4v) is 2.63. The molecule has 0 atom stereocenters. The van der Waals surface area contributed by atoms with E-state index in [1.807, 2.05) is 30.5 Å². The van der Waals surface area contributed by atoms with Gasteiger partial charge < -0.3 is 11.5 Å². The highest BCUT2D eigenvalue weighted by Crippen LogP contribution is 2.32. The maximum Gasteiger partial charge on any atom is 0.0618 e. The molecule has 20 heavy (non-hydrogen) atoms. The lowest BCUT2D eigenvalue weighted by Gasteiger charge is -2.12. The van der Waals surface area contributed by atoms with E-state index in [2.05, 4.69) is 30.1 Å². The molecule has 2 aromatic carbocycles. The molecule has 3 rings (SSSR count). The number of hydrogen-bond donors (Lipinski definition) is 2. The Bertz CT molecular complexity index is 778. The topological polar surface area (TPSA) is 64.9 Å². The third-order valence-electron chi connectivity index (χ3n) is 3.59. The minimum Gasteiger partial charge on any atom is -0.399 e. The van der Waals surface area contributed by atoms with E-state index in [1.54, 1.807) is 0 Å². The summed E-state index contributed by atoms with van der Waals surface area (Å²) < 4.78 is 0. The van der Waals surface area contributed by atoms with Gasteiger partial charge in [-0.1, -0.05) is 30.3 Å². The van der Waals surface area contributed by atoms with E-state index >= 15 is 0 Å².